The average Bonchev–Trinajstić information content (AvgIpc) is 2.48. The Morgan fingerprint density at radius 2 is 2.20 bits per heavy atom. The highest BCUT2D eigenvalue weighted by Gasteiger charge is 2.31. The maximum Gasteiger partial charge on any atom is 0.332 e. The molecular weight excluding hydrogens is 194 g/mol. The molecule has 0 spiro atoms. The van der Waals surface area contributed by atoms with Crippen molar-refractivity contribution in [2.45, 2.75) is 46.0 Å². The topological polar surface area (TPSA) is 46.6 Å². The Kier molecular flexibility index (Phi) is 4.59. The van der Waals surface area contributed by atoms with Crippen LogP contribution in [0.3, 0.4) is 0 Å². The second-order valence-electron chi connectivity index (χ2n) is 4.03. The summed E-state index contributed by atoms with van der Waals surface area (Å²) >= 11 is 0. The maximum absolute atomic E-state index is 11.4. The molecule has 1 atom stereocenters. The van der Waals surface area contributed by atoms with Crippen molar-refractivity contribution in [3.8, 4) is 0 Å². The molecule has 0 unspecified atom stereocenters. The van der Waals surface area contributed by atoms with Gasteiger partial charge >= 0.3 is 5.97 Å². The average molecular weight is 213 g/mol. The number of nitrogens with zero attached hydrogens (tertiary/aromatic N) is 1. The largest absolute Gasteiger partial charge is 0.338 e. The van der Waals surface area contributed by atoms with Gasteiger partial charge in [0.05, 0.1) is 6.54 Å². The van der Waals surface area contributed by atoms with Crippen LogP contribution in [0.4, 0.5) is 0 Å². The minimum atomic E-state index is -0.303. The second kappa shape index (κ2) is 5.73. The first-order chi connectivity index (χ1) is 7.17. The number of carbonyl (C=O) groups excluding carboxylic acids is 2. The standard InChI is InChI=1S/C11H19NO3/c1-3-5-9-7-10(13)12(8-9)15-11(14)6-4-2/h9H,3-8H2,1-2H3/t9-/m1/s1. The molecule has 0 bridgehead atoms. The van der Waals surface area contributed by atoms with Gasteiger partial charge in [-0.3, -0.25) is 4.79 Å². The van der Waals surface area contributed by atoms with Crippen LogP contribution in [0.2, 0.25) is 0 Å². The molecule has 0 saturated carbocycles. The Hall–Kier alpha value is -1.06. The third-order valence-corrected chi connectivity index (χ3v) is 2.53. The van der Waals surface area contributed by atoms with E-state index in [1.165, 1.54) is 5.06 Å². The Balaban J connectivity index is 2.37. The van der Waals surface area contributed by atoms with Crippen molar-refractivity contribution in [2.75, 3.05) is 6.54 Å². The van der Waals surface area contributed by atoms with E-state index in [9.17, 15) is 9.59 Å². The normalized spacial score (nSPS) is 20.8. The molecule has 1 aliphatic heterocycles. The fourth-order valence-corrected chi connectivity index (χ4v) is 1.81. The maximum atomic E-state index is 11.4. The molecule has 1 amide bonds. The number of rotatable bonds is 5. The van der Waals surface area contributed by atoms with Crippen LogP contribution in [0, 0.1) is 5.92 Å². The van der Waals surface area contributed by atoms with Crippen molar-refractivity contribution in [2.24, 2.45) is 5.92 Å². The minimum absolute atomic E-state index is 0.0575. The third-order valence-electron chi connectivity index (χ3n) is 2.53. The van der Waals surface area contributed by atoms with E-state index in [1.54, 1.807) is 0 Å². The van der Waals surface area contributed by atoms with E-state index in [1.807, 2.05) is 6.92 Å². The van der Waals surface area contributed by atoms with Crippen molar-refractivity contribution < 1.29 is 14.4 Å². The molecule has 86 valence electrons. The van der Waals surface area contributed by atoms with Gasteiger partial charge in [-0.2, -0.15) is 5.06 Å². The molecule has 1 rings (SSSR count). The van der Waals surface area contributed by atoms with Crippen LogP contribution in [0.1, 0.15) is 46.0 Å². The highest BCUT2D eigenvalue weighted by molar-refractivity contribution is 5.80. The number of carbonyl (C=O) groups is 2. The molecule has 0 N–H and O–H groups in total. The quantitative estimate of drug-likeness (QED) is 0.700. The summed E-state index contributed by atoms with van der Waals surface area (Å²) in [6.07, 6.45) is 3.73. The monoisotopic (exact) mass is 213 g/mol. The summed E-state index contributed by atoms with van der Waals surface area (Å²) in [4.78, 5) is 27.6. The van der Waals surface area contributed by atoms with Gasteiger partial charge in [0.25, 0.3) is 5.91 Å². The lowest BCUT2D eigenvalue weighted by Gasteiger charge is -2.15. The van der Waals surface area contributed by atoms with E-state index < -0.39 is 0 Å². The van der Waals surface area contributed by atoms with Gasteiger partial charge in [0.2, 0.25) is 0 Å². The molecule has 1 heterocycles. The first kappa shape index (κ1) is 12.0. The summed E-state index contributed by atoms with van der Waals surface area (Å²) in [5, 5.41) is 1.23. The molecule has 1 saturated heterocycles. The van der Waals surface area contributed by atoms with Crippen LogP contribution in [-0.4, -0.2) is 23.5 Å². The highest BCUT2D eigenvalue weighted by Crippen LogP contribution is 2.22. The fraction of sp³-hybridized carbons (Fsp3) is 0.818. The molecule has 1 aliphatic rings. The molecule has 4 heteroatoms. The van der Waals surface area contributed by atoms with E-state index in [0.29, 0.717) is 25.3 Å². The van der Waals surface area contributed by atoms with Crippen LogP contribution in [0.5, 0.6) is 0 Å². The zero-order valence-electron chi connectivity index (χ0n) is 9.49. The van der Waals surface area contributed by atoms with Crippen molar-refractivity contribution in [3.05, 3.63) is 0 Å². The van der Waals surface area contributed by atoms with Gasteiger partial charge < -0.3 is 4.84 Å². The van der Waals surface area contributed by atoms with Crippen LogP contribution >= 0.6 is 0 Å². The number of hydrogen-bond donors (Lipinski definition) is 0. The van der Waals surface area contributed by atoms with E-state index in [0.717, 1.165) is 19.3 Å². The Bertz CT molecular complexity index is 240. The summed E-state index contributed by atoms with van der Waals surface area (Å²) in [6.45, 7) is 4.57. The summed E-state index contributed by atoms with van der Waals surface area (Å²) in [5.41, 5.74) is 0. The Morgan fingerprint density at radius 3 is 2.80 bits per heavy atom. The Morgan fingerprint density at radius 1 is 1.47 bits per heavy atom. The summed E-state index contributed by atoms with van der Waals surface area (Å²) in [7, 11) is 0. The van der Waals surface area contributed by atoms with Crippen molar-refractivity contribution in [1.29, 1.82) is 0 Å². The van der Waals surface area contributed by atoms with Crippen LogP contribution < -0.4 is 0 Å². The molecule has 0 radical (unpaired) electrons. The lowest BCUT2D eigenvalue weighted by atomic mass is 10.0. The molecular formula is C11H19NO3. The molecule has 0 aromatic heterocycles. The van der Waals surface area contributed by atoms with E-state index in [2.05, 4.69) is 6.92 Å². The SMILES string of the molecule is CCCC(=O)ON1C[C@H](CCC)CC1=O. The minimum Gasteiger partial charge on any atom is -0.338 e. The van der Waals surface area contributed by atoms with E-state index in [-0.39, 0.29) is 11.9 Å². The molecule has 0 aromatic carbocycles. The first-order valence-electron chi connectivity index (χ1n) is 5.68. The van der Waals surface area contributed by atoms with Crippen LogP contribution in [-0.2, 0) is 14.4 Å². The lowest BCUT2D eigenvalue weighted by molar-refractivity contribution is -0.193. The lowest BCUT2D eigenvalue weighted by Crippen LogP contribution is -2.28. The fourth-order valence-electron chi connectivity index (χ4n) is 1.81. The molecule has 15 heavy (non-hydrogen) atoms. The van der Waals surface area contributed by atoms with Gasteiger partial charge in [-0.1, -0.05) is 20.3 Å². The second-order valence-corrected chi connectivity index (χ2v) is 4.03. The summed E-state index contributed by atoms with van der Waals surface area (Å²) in [6, 6.07) is 0. The van der Waals surface area contributed by atoms with Crippen molar-refractivity contribution in [3.63, 3.8) is 0 Å². The number of amides is 1. The van der Waals surface area contributed by atoms with Crippen molar-refractivity contribution >= 4 is 11.9 Å². The Labute approximate surface area is 90.5 Å². The molecule has 1 fully saturated rings. The number of hydroxylamine groups is 2. The van der Waals surface area contributed by atoms with Crippen LogP contribution in [0.25, 0.3) is 0 Å². The van der Waals surface area contributed by atoms with Crippen LogP contribution in [0.15, 0.2) is 0 Å². The zero-order valence-corrected chi connectivity index (χ0v) is 9.49. The predicted octanol–water partition coefficient (Wildman–Crippen LogP) is 1.89. The predicted molar refractivity (Wildman–Crippen MR) is 55.7 cm³/mol. The summed E-state index contributed by atoms with van der Waals surface area (Å²) < 4.78 is 0. The zero-order chi connectivity index (χ0) is 11.3. The summed E-state index contributed by atoms with van der Waals surface area (Å²) in [5.74, 6) is -0.00201. The number of hydrogen-bond acceptors (Lipinski definition) is 3. The van der Waals surface area contributed by atoms with Gasteiger partial charge in [-0.15, -0.1) is 0 Å². The van der Waals surface area contributed by atoms with Gasteiger partial charge in [-0.25, -0.2) is 4.79 Å². The molecule has 4 nitrogen and oxygen atoms in total. The smallest absolute Gasteiger partial charge is 0.332 e. The molecule has 0 aromatic rings. The highest BCUT2D eigenvalue weighted by atomic mass is 16.7. The van der Waals surface area contributed by atoms with Gasteiger partial charge in [0.15, 0.2) is 0 Å². The molecule has 0 aliphatic carbocycles. The van der Waals surface area contributed by atoms with E-state index >= 15 is 0 Å². The van der Waals surface area contributed by atoms with Crippen molar-refractivity contribution in [1.82, 2.24) is 5.06 Å². The van der Waals surface area contributed by atoms with Gasteiger partial charge in [0, 0.05) is 12.8 Å². The van der Waals surface area contributed by atoms with Gasteiger partial charge in [0.1, 0.15) is 0 Å². The first-order valence-corrected chi connectivity index (χ1v) is 5.68. The van der Waals surface area contributed by atoms with Gasteiger partial charge in [-0.05, 0) is 18.8 Å². The third kappa shape index (κ3) is 3.53. The van der Waals surface area contributed by atoms with E-state index in [4.69, 9.17) is 4.84 Å².